The minimum Gasteiger partial charge on any atom is -0.207 e. The van der Waals surface area contributed by atoms with Crippen LogP contribution in [0.25, 0.3) is 0 Å². The summed E-state index contributed by atoms with van der Waals surface area (Å²) in [5.74, 6) is 0. The summed E-state index contributed by atoms with van der Waals surface area (Å²) in [5.41, 5.74) is 1.09. The van der Waals surface area contributed by atoms with Gasteiger partial charge in [-0.2, -0.15) is 0 Å². The lowest BCUT2D eigenvalue weighted by atomic mass is 10.1. The van der Waals surface area contributed by atoms with Crippen molar-refractivity contribution in [2.24, 2.45) is 0 Å². The maximum absolute atomic E-state index is 11.3. The van der Waals surface area contributed by atoms with Crippen molar-refractivity contribution < 1.29 is 8.42 Å². The zero-order chi connectivity index (χ0) is 10.3. The van der Waals surface area contributed by atoms with Gasteiger partial charge in [0, 0.05) is 20.8 Å². The van der Waals surface area contributed by atoms with Gasteiger partial charge in [-0.3, -0.25) is 0 Å². The molecule has 1 heterocycles. The second-order valence-electron chi connectivity index (χ2n) is 3.31. The van der Waals surface area contributed by atoms with Crippen LogP contribution in [0.5, 0.6) is 0 Å². The molecule has 76 valence electrons. The number of hydrogen-bond donors (Lipinski definition) is 0. The van der Waals surface area contributed by atoms with Gasteiger partial charge in [0.05, 0.1) is 4.90 Å². The highest BCUT2D eigenvalue weighted by Gasteiger charge is 2.25. The second-order valence-corrected chi connectivity index (χ2v) is 7.30. The van der Waals surface area contributed by atoms with Gasteiger partial charge in [0.15, 0.2) is 0 Å². The van der Waals surface area contributed by atoms with Crippen molar-refractivity contribution in [1.82, 2.24) is 0 Å². The molecule has 0 bridgehead atoms. The molecule has 0 radical (unpaired) electrons. The van der Waals surface area contributed by atoms with Crippen LogP contribution in [0.15, 0.2) is 28.0 Å². The molecule has 1 aromatic carbocycles. The third kappa shape index (κ3) is 1.78. The van der Waals surface area contributed by atoms with Crippen molar-refractivity contribution in [3.8, 4) is 0 Å². The molecule has 0 saturated heterocycles. The van der Waals surface area contributed by atoms with E-state index in [-0.39, 0.29) is 4.90 Å². The molecule has 2 nitrogen and oxygen atoms in total. The predicted molar refractivity (Wildman–Crippen MR) is 58.5 cm³/mol. The van der Waals surface area contributed by atoms with Gasteiger partial charge in [-0.1, -0.05) is 19.1 Å². The Balaban J connectivity index is 2.62. The van der Waals surface area contributed by atoms with Crippen LogP contribution in [0.3, 0.4) is 0 Å². The molecule has 0 spiro atoms. The van der Waals surface area contributed by atoms with Crippen molar-refractivity contribution in [1.29, 1.82) is 0 Å². The molecule has 0 saturated carbocycles. The second kappa shape index (κ2) is 3.43. The normalized spacial score (nSPS) is 20.9. The molecule has 1 aliphatic heterocycles. The number of rotatable bonds is 1. The first-order chi connectivity index (χ1) is 6.48. The van der Waals surface area contributed by atoms with E-state index < -0.39 is 9.05 Å². The first-order valence-electron chi connectivity index (χ1n) is 4.21. The van der Waals surface area contributed by atoms with Crippen LogP contribution in [0, 0.1) is 0 Å². The molecule has 2 rings (SSSR count). The van der Waals surface area contributed by atoms with Crippen LogP contribution in [0.1, 0.15) is 12.5 Å². The van der Waals surface area contributed by atoms with Crippen LogP contribution < -0.4 is 0 Å². The zero-order valence-corrected chi connectivity index (χ0v) is 9.92. The summed E-state index contributed by atoms with van der Waals surface area (Å²) < 4.78 is 22.5. The molecule has 1 unspecified atom stereocenters. The summed E-state index contributed by atoms with van der Waals surface area (Å²) in [5, 5.41) is 0.435. The van der Waals surface area contributed by atoms with Crippen molar-refractivity contribution >= 4 is 31.5 Å². The highest BCUT2D eigenvalue weighted by Crippen LogP contribution is 2.41. The molecule has 0 fully saturated rings. The predicted octanol–water partition coefficient (Wildman–Crippen LogP) is 2.65. The monoisotopic (exact) mass is 248 g/mol. The Bertz CT molecular complexity index is 468. The van der Waals surface area contributed by atoms with Crippen LogP contribution in [0.2, 0.25) is 0 Å². The summed E-state index contributed by atoms with van der Waals surface area (Å²) in [4.78, 5) is 1.08. The average molecular weight is 249 g/mol. The smallest absolute Gasteiger partial charge is 0.207 e. The van der Waals surface area contributed by atoms with E-state index in [4.69, 9.17) is 10.7 Å². The Hall–Kier alpha value is -0.190. The number of hydrogen-bond acceptors (Lipinski definition) is 3. The summed E-state index contributed by atoms with van der Waals surface area (Å²) in [6.45, 7) is 2.08. The fraction of sp³-hybridized carbons (Fsp3) is 0.333. The van der Waals surface area contributed by atoms with Crippen LogP contribution in [0.4, 0.5) is 0 Å². The third-order valence-corrected chi connectivity index (χ3v) is 4.93. The highest BCUT2D eigenvalue weighted by atomic mass is 35.7. The average Bonchev–Trinajstić information content (AvgIpc) is 2.41. The van der Waals surface area contributed by atoms with Crippen molar-refractivity contribution in [2.45, 2.75) is 28.4 Å². The van der Waals surface area contributed by atoms with Crippen LogP contribution in [-0.2, 0) is 15.5 Å². The molecule has 1 aromatic rings. The van der Waals surface area contributed by atoms with Gasteiger partial charge in [0.1, 0.15) is 0 Å². The number of fused-ring (bicyclic) bond motifs is 1. The van der Waals surface area contributed by atoms with E-state index in [1.165, 1.54) is 0 Å². The molecule has 0 N–H and O–H groups in total. The molecule has 5 heteroatoms. The third-order valence-electron chi connectivity index (χ3n) is 2.15. The van der Waals surface area contributed by atoms with Crippen molar-refractivity contribution in [3.05, 3.63) is 23.8 Å². The van der Waals surface area contributed by atoms with E-state index in [1.54, 1.807) is 23.9 Å². The number of benzene rings is 1. The summed E-state index contributed by atoms with van der Waals surface area (Å²) in [6.07, 6.45) is 0.917. The van der Waals surface area contributed by atoms with Gasteiger partial charge in [-0.25, -0.2) is 8.42 Å². The number of halogens is 1. The minimum absolute atomic E-state index is 0.256. The first-order valence-corrected chi connectivity index (χ1v) is 7.40. The number of thioether (sulfide) groups is 1. The lowest BCUT2D eigenvalue weighted by molar-refractivity contribution is 0.607. The van der Waals surface area contributed by atoms with Crippen LogP contribution >= 0.6 is 22.4 Å². The first kappa shape index (κ1) is 10.3. The lowest BCUT2D eigenvalue weighted by Gasteiger charge is -2.03. The summed E-state index contributed by atoms with van der Waals surface area (Å²) in [7, 11) is 1.75. The SMILES string of the molecule is CC1Cc2cccc(S(=O)(=O)Cl)c2S1. The minimum atomic E-state index is -3.60. The molecule has 14 heavy (non-hydrogen) atoms. The highest BCUT2D eigenvalue weighted by molar-refractivity contribution is 8.14. The Morgan fingerprint density at radius 1 is 1.50 bits per heavy atom. The van der Waals surface area contributed by atoms with Gasteiger partial charge in [-0.15, -0.1) is 11.8 Å². The zero-order valence-electron chi connectivity index (χ0n) is 7.53. The molecular weight excluding hydrogens is 240 g/mol. The molecule has 0 amide bonds. The van der Waals surface area contributed by atoms with Gasteiger partial charge in [0.25, 0.3) is 9.05 Å². The standard InChI is InChI=1S/C9H9ClO2S2/c1-6-5-7-3-2-4-8(9(7)13-6)14(10,11)12/h2-4,6H,5H2,1H3. The molecule has 1 atom stereocenters. The maximum Gasteiger partial charge on any atom is 0.262 e. The van der Waals surface area contributed by atoms with E-state index in [2.05, 4.69) is 6.92 Å². The molecule has 0 aliphatic carbocycles. The van der Waals surface area contributed by atoms with E-state index in [1.807, 2.05) is 6.07 Å². The Morgan fingerprint density at radius 2 is 2.21 bits per heavy atom. The summed E-state index contributed by atoms with van der Waals surface area (Å²) >= 11 is 1.58. The largest absolute Gasteiger partial charge is 0.262 e. The van der Waals surface area contributed by atoms with E-state index in [0.29, 0.717) is 5.25 Å². The molecule has 1 aliphatic rings. The van der Waals surface area contributed by atoms with E-state index in [0.717, 1.165) is 16.9 Å². The maximum atomic E-state index is 11.3. The lowest BCUT2D eigenvalue weighted by Crippen LogP contribution is -1.93. The van der Waals surface area contributed by atoms with Crippen LogP contribution in [-0.4, -0.2) is 13.7 Å². The summed E-state index contributed by atoms with van der Waals surface area (Å²) in [6, 6.07) is 5.26. The van der Waals surface area contributed by atoms with Gasteiger partial charge in [0.2, 0.25) is 0 Å². The van der Waals surface area contributed by atoms with Gasteiger partial charge in [-0.05, 0) is 18.1 Å². The Labute approximate surface area is 92.1 Å². The molecular formula is C9H9ClO2S2. The fourth-order valence-corrected chi connectivity index (χ4v) is 4.34. The molecule has 0 aromatic heterocycles. The van der Waals surface area contributed by atoms with Crippen molar-refractivity contribution in [3.63, 3.8) is 0 Å². The van der Waals surface area contributed by atoms with E-state index >= 15 is 0 Å². The van der Waals surface area contributed by atoms with Gasteiger partial charge < -0.3 is 0 Å². The fourth-order valence-electron chi connectivity index (χ4n) is 1.60. The Kier molecular flexibility index (Phi) is 2.53. The topological polar surface area (TPSA) is 34.1 Å². The van der Waals surface area contributed by atoms with Crippen molar-refractivity contribution in [2.75, 3.05) is 0 Å². The van der Waals surface area contributed by atoms with E-state index in [9.17, 15) is 8.42 Å². The van der Waals surface area contributed by atoms with Gasteiger partial charge >= 0.3 is 0 Å². The quantitative estimate of drug-likeness (QED) is 0.717. The Morgan fingerprint density at radius 3 is 2.86 bits per heavy atom.